The molecular weight excluding hydrogens is 254 g/mol. The van der Waals surface area contributed by atoms with E-state index in [2.05, 4.69) is 15.1 Å². The highest BCUT2D eigenvalue weighted by Gasteiger charge is 2.29. The predicted molar refractivity (Wildman–Crippen MR) is 62.8 cm³/mol. The Labute approximate surface area is 108 Å². The number of imidazole rings is 1. The molecule has 0 amide bonds. The van der Waals surface area contributed by atoms with Crippen LogP contribution in [0.2, 0.25) is 0 Å². The van der Waals surface area contributed by atoms with Gasteiger partial charge in [-0.2, -0.15) is 4.98 Å². The molecule has 102 valence electrons. The second-order valence-electron chi connectivity index (χ2n) is 4.54. The highest BCUT2D eigenvalue weighted by atomic mass is 19.3. The number of halogens is 2. The average molecular weight is 268 g/mol. The first-order valence-electron chi connectivity index (χ1n) is 6.41. The van der Waals surface area contributed by atoms with Crippen molar-refractivity contribution in [3.05, 3.63) is 17.3 Å². The van der Waals surface area contributed by atoms with Crippen LogP contribution in [0.1, 0.15) is 43.5 Å². The summed E-state index contributed by atoms with van der Waals surface area (Å²) >= 11 is 0. The molecule has 0 N–H and O–H groups in total. The minimum atomic E-state index is -2.63. The van der Waals surface area contributed by atoms with Crippen molar-refractivity contribution in [3.63, 3.8) is 0 Å². The van der Waals surface area contributed by atoms with E-state index in [4.69, 9.17) is 4.52 Å². The summed E-state index contributed by atoms with van der Waals surface area (Å²) in [5.41, 5.74) is 0.0418. The van der Waals surface area contributed by atoms with Gasteiger partial charge in [-0.1, -0.05) is 12.1 Å². The molecule has 3 rings (SSSR count). The van der Waals surface area contributed by atoms with Gasteiger partial charge in [0.2, 0.25) is 0 Å². The van der Waals surface area contributed by atoms with Gasteiger partial charge >= 0.3 is 0 Å². The standard InChI is InChI=1S/C12H14F2N4O/c1-2-7-15-12(19-17-7)10-9(11(13)14)16-8-5-3-4-6-18(8)10/h11H,2-6H2,1H3. The van der Waals surface area contributed by atoms with Crippen LogP contribution in [0.5, 0.6) is 0 Å². The molecule has 7 heteroatoms. The van der Waals surface area contributed by atoms with Gasteiger partial charge in [-0.25, -0.2) is 13.8 Å². The molecule has 0 saturated heterocycles. The van der Waals surface area contributed by atoms with Gasteiger partial charge < -0.3 is 9.09 Å². The second kappa shape index (κ2) is 4.71. The molecule has 0 aliphatic carbocycles. The third-order valence-electron chi connectivity index (χ3n) is 3.30. The van der Waals surface area contributed by atoms with Crippen LogP contribution in [0.4, 0.5) is 8.78 Å². The molecule has 0 aromatic carbocycles. The smallest absolute Gasteiger partial charge is 0.282 e. The zero-order chi connectivity index (χ0) is 13.4. The van der Waals surface area contributed by atoms with Gasteiger partial charge in [-0.15, -0.1) is 0 Å². The molecule has 0 spiro atoms. The molecule has 0 radical (unpaired) electrons. The molecule has 3 heterocycles. The van der Waals surface area contributed by atoms with Crippen molar-refractivity contribution in [1.82, 2.24) is 19.7 Å². The molecule has 5 nitrogen and oxygen atoms in total. The molecule has 2 aromatic heterocycles. The normalized spacial score (nSPS) is 14.9. The Morgan fingerprint density at radius 2 is 2.16 bits per heavy atom. The SMILES string of the molecule is CCc1noc(-c2c(C(F)F)nc3n2CCCC3)n1. The summed E-state index contributed by atoms with van der Waals surface area (Å²) < 4.78 is 33.1. The Balaban J connectivity index is 2.14. The van der Waals surface area contributed by atoms with Crippen LogP contribution in [0.25, 0.3) is 11.6 Å². The van der Waals surface area contributed by atoms with Gasteiger partial charge in [0.15, 0.2) is 5.82 Å². The molecule has 0 atom stereocenters. The largest absolute Gasteiger partial charge is 0.332 e. The topological polar surface area (TPSA) is 56.7 Å². The average Bonchev–Trinajstić information content (AvgIpc) is 3.02. The zero-order valence-corrected chi connectivity index (χ0v) is 10.6. The zero-order valence-electron chi connectivity index (χ0n) is 10.6. The maximum atomic E-state index is 13.1. The first-order valence-corrected chi connectivity index (χ1v) is 6.41. The predicted octanol–water partition coefficient (Wildman–Crippen LogP) is 2.77. The summed E-state index contributed by atoms with van der Waals surface area (Å²) in [4.78, 5) is 8.20. The Bertz CT molecular complexity index is 591. The number of aromatic nitrogens is 4. The summed E-state index contributed by atoms with van der Waals surface area (Å²) in [6.07, 6.45) is 0.616. The van der Waals surface area contributed by atoms with Crippen LogP contribution in [0, 0.1) is 0 Å². The number of rotatable bonds is 3. The number of nitrogens with zero attached hydrogens (tertiary/aromatic N) is 4. The fourth-order valence-corrected chi connectivity index (χ4v) is 2.38. The van der Waals surface area contributed by atoms with Gasteiger partial charge in [0.1, 0.15) is 17.2 Å². The van der Waals surface area contributed by atoms with E-state index in [-0.39, 0.29) is 17.3 Å². The molecule has 0 bridgehead atoms. The monoisotopic (exact) mass is 268 g/mol. The first-order chi connectivity index (χ1) is 9.20. The minimum Gasteiger partial charge on any atom is -0.332 e. The van der Waals surface area contributed by atoms with Crippen LogP contribution < -0.4 is 0 Å². The molecule has 1 aliphatic rings. The van der Waals surface area contributed by atoms with Crippen molar-refractivity contribution in [3.8, 4) is 11.6 Å². The fourth-order valence-electron chi connectivity index (χ4n) is 2.38. The summed E-state index contributed by atoms with van der Waals surface area (Å²) in [5, 5.41) is 3.77. The van der Waals surface area contributed by atoms with Gasteiger partial charge in [0, 0.05) is 19.4 Å². The second-order valence-corrected chi connectivity index (χ2v) is 4.54. The fraction of sp³-hybridized carbons (Fsp3) is 0.583. The Morgan fingerprint density at radius 3 is 2.84 bits per heavy atom. The van der Waals surface area contributed by atoms with Crippen molar-refractivity contribution < 1.29 is 13.3 Å². The van der Waals surface area contributed by atoms with E-state index >= 15 is 0 Å². The van der Waals surface area contributed by atoms with E-state index in [0.717, 1.165) is 12.8 Å². The lowest BCUT2D eigenvalue weighted by Gasteiger charge is -2.14. The summed E-state index contributed by atoms with van der Waals surface area (Å²) in [5.74, 6) is 1.35. The van der Waals surface area contributed by atoms with E-state index in [0.29, 0.717) is 31.0 Å². The lowest BCUT2D eigenvalue weighted by molar-refractivity contribution is 0.147. The number of fused-ring (bicyclic) bond motifs is 1. The number of hydrogen-bond donors (Lipinski definition) is 0. The molecule has 19 heavy (non-hydrogen) atoms. The van der Waals surface area contributed by atoms with Gasteiger partial charge in [0.25, 0.3) is 12.3 Å². The molecule has 2 aromatic rings. The van der Waals surface area contributed by atoms with Crippen LogP contribution in [-0.2, 0) is 19.4 Å². The lowest BCUT2D eigenvalue weighted by Crippen LogP contribution is -2.11. The maximum Gasteiger partial charge on any atom is 0.282 e. The number of aryl methyl sites for hydroxylation is 2. The van der Waals surface area contributed by atoms with Gasteiger partial charge in [-0.3, -0.25) is 0 Å². The van der Waals surface area contributed by atoms with E-state index in [1.807, 2.05) is 6.92 Å². The third kappa shape index (κ3) is 2.02. The Kier molecular flexibility index (Phi) is 3.04. The summed E-state index contributed by atoms with van der Waals surface area (Å²) in [6.45, 7) is 2.56. The van der Waals surface area contributed by atoms with E-state index in [9.17, 15) is 8.78 Å². The number of hydrogen-bond acceptors (Lipinski definition) is 4. The highest BCUT2D eigenvalue weighted by molar-refractivity contribution is 5.53. The van der Waals surface area contributed by atoms with Crippen molar-refractivity contribution in [2.75, 3.05) is 0 Å². The molecule has 0 saturated carbocycles. The maximum absolute atomic E-state index is 13.1. The van der Waals surface area contributed by atoms with E-state index in [1.165, 1.54) is 0 Å². The minimum absolute atomic E-state index is 0.146. The van der Waals surface area contributed by atoms with Crippen LogP contribution >= 0.6 is 0 Å². The van der Waals surface area contributed by atoms with Crippen LogP contribution in [-0.4, -0.2) is 19.7 Å². The first kappa shape index (κ1) is 12.3. The Hall–Kier alpha value is -1.79. The number of alkyl halides is 2. The molecule has 0 fully saturated rings. The van der Waals surface area contributed by atoms with Gasteiger partial charge in [-0.05, 0) is 12.8 Å². The third-order valence-corrected chi connectivity index (χ3v) is 3.30. The summed E-state index contributed by atoms with van der Waals surface area (Å²) in [7, 11) is 0. The van der Waals surface area contributed by atoms with Crippen molar-refractivity contribution in [2.45, 2.75) is 45.6 Å². The van der Waals surface area contributed by atoms with Crippen molar-refractivity contribution in [1.29, 1.82) is 0 Å². The van der Waals surface area contributed by atoms with Crippen molar-refractivity contribution >= 4 is 0 Å². The quantitative estimate of drug-likeness (QED) is 0.858. The van der Waals surface area contributed by atoms with Crippen LogP contribution in [0.15, 0.2) is 4.52 Å². The lowest BCUT2D eigenvalue weighted by atomic mass is 10.1. The van der Waals surface area contributed by atoms with Gasteiger partial charge in [0.05, 0.1) is 0 Å². The molecule has 1 aliphatic heterocycles. The Morgan fingerprint density at radius 1 is 1.32 bits per heavy atom. The summed E-state index contributed by atoms with van der Waals surface area (Å²) in [6, 6.07) is 0. The molecular formula is C12H14F2N4O. The van der Waals surface area contributed by atoms with E-state index in [1.54, 1.807) is 4.57 Å². The van der Waals surface area contributed by atoms with Crippen LogP contribution in [0.3, 0.4) is 0 Å². The van der Waals surface area contributed by atoms with Crippen molar-refractivity contribution in [2.24, 2.45) is 0 Å². The van der Waals surface area contributed by atoms with E-state index < -0.39 is 6.43 Å². The molecule has 0 unspecified atom stereocenters. The highest BCUT2D eigenvalue weighted by Crippen LogP contribution is 2.33.